The van der Waals surface area contributed by atoms with Gasteiger partial charge in [-0.25, -0.2) is 0 Å². The zero-order valence-corrected chi connectivity index (χ0v) is 15.5. The van der Waals surface area contributed by atoms with Crippen molar-refractivity contribution in [2.24, 2.45) is 5.92 Å². The summed E-state index contributed by atoms with van der Waals surface area (Å²) in [7, 11) is 0. The highest BCUT2D eigenvalue weighted by molar-refractivity contribution is 6.30. The van der Waals surface area contributed by atoms with Crippen molar-refractivity contribution >= 4 is 11.6 Å². The average Bonchev–Trinajstić information content (AvgIpc) is 3.32. The molecule has 0 amide bonds. The van der Waals surface area contributed by atoms with Crippen LogP contribution >= 0.6 is 11.6 Å². The van der Waals surface area contributed by atoms with E-state index in [0.717, 1.165) is 38.3 Å². The van der Waals surface area contributed by atoms with E-state index in [1.54, 1.807) is 0 Å². The summed E-state index contributed by atoms with van der Waals surface area (Å²) in [6.07, 6.45) is 4.49. The van der Waals surface area contributed by atoms with Crippen molar-refractivity contribution < 1.29 is 9.26 Å². The molecule has 1 aliphatic carbocycles. The minimum Gasteiger partial charge on any atom is -0.379 e. The van der Waals surface area contributed by atoms with Crippen LogP contribution < -0.4 is 10.6 Å². The number of ether oxygens (including phenoxy) is 1. The van der Waals surface area contributed by atoms with Crippen LogP contribution in [0.4, 0.5) is 0 Å². The van der Waals surface area contributed by atoms with Gasteiger partial charge in [-0.2, -0.15) is 4.98 Å². The zero-order chi connectivity index (χ0) is 17.8. The standard InChI is InChI=1S/C19H25ClN4O2/c20-14-4-1-3-13(11-14)19-23-18(26-24-19)7-8-21-16-6-2-5-15(16)17-12-25-10-9-22-17/h1,3-4,11,15-17,21-22H,2,5-10,12H2. The summed E-state index contributed by atoms with van der Waals surface area (Å²) in [4.78, 5) is 4.49. The zero-order valence-electron chi connectivity index (χ0n) is 14.8. The van der Waals surface area contributed by atoms with Gasteiger partial charge in [0, 0.05) is 42.2 Å². The molecule has 7 heteroatoms. The minimum absolute atomic E-state index is 0.474. The molecule has 0 spiro atoms. The van der Waals surface area contributed by atoms with E-state index >= 15 is 0 Å². The molecule has 0 radical (unpaired) electrons. The summed E-state index contributed by atoms with van der Waals surface area (Å²) >= 11 is 6.03. The SMILES string of the molecule is Clc1cccc(-c2noc(CCNC3CCCC3C3COCCN3)n2)c1. The molecule has 2 fully saturated rings. The molecular formula is C19H25ClN4O2. The maximum atomic E-state index is 6.03. The van der Waals surface area contributed by atoms with E-state index in [4.69, 9.17) is 20.9 Å². The summed E-state index contributed by atoms with van der Waals surface area (Å²) in [5.41, 5.74) is 0.875. The van der Waals surface area contributed by atoms with Crippen LogP contribution in [-0.2, 0) is 11.2 Å². The normalized spacial score (nSPS) is 26.3. The van der Waals surface area contributed by atoms with Gasteiger partial charge in [0.05, 0.1) is 13.2 Å². The van der Waals surface area contributed by atoms with Gasteiger partial charge >= 0.3 is 0 Å². The highest BCUT2D eigenvalue weighted by Gasteiger charge is 2.34. The molecule has 4 rings (SSSR count). The van der Waals surface area contributed by atoms with Gasteiger partial charge in [-0.1, -0.05) is 35.3 Å². The molecule has 6 nitrogen and oxygen atoms in total. The van der Waals surface area contributed by atoms with Crippen LogP contribution in [0.15, 0.2) is 28.8 Å². The van der Waals surface area contributed by atoms with Crippen LogP contribution in [0.3, 0.4) is 0 Å². The van der Waals surface area contributed by atoms with Gasteiger partial charge in [-0.15, -0.1) is 0 Å². The lowest BCUT2D eigenvalue weighted by atomic mass is 9.94. The Labute approximate surface area is 158 Å². The van der Waals surface area contributed by atoms with E-state index in [1.807, 2.05) is 24.3 Å². The largest absolute Gasteiger partial charge is 0.379 e. The number of halogens is 1. The predicted molar refractivity (Wildman–Crippen MR) is 100 cm³/mol. The van der Waals surface area contributed by atoms with Crippen molar-refractivity contribution in [3.05, 3.63) is 35.2 Å². The Kier molecular flexibility index (Phi) is 5.84. The second kappa shape index (κ2) is 8.48. The number of hydrogen-bond donors (Lipinski definition) is 2. The van der Waals surface area contributed by atoms with Gasteiger partial charge in [0.2, 0.25) is 11.7 Å². The van der Waals surface area contributed by atoms with Crippen molar-refractivity contribution in [3.8, 4) is 11.4 Å². The quantitative estimate of drug-likeness (QED) is 0.807. The molecule has 26 heavy (non-hydrogen) atoms. The molecule has 2 aliphatic rings. The maximum Gasteiger partial charge on any atom is 0.228 e. The van der Waals surface area contributed by atoms with Gasteiger partial charge in [0.25, 0.3) is 0 Å². The maximum absolute atomic E-state index is 6.03. The molecule has 3 unspecified atom stereocenters. The number of hydrogen-bond acceptors (Lipinski definition) is 6. The second-order valence-electron chi connectivity index (χ2n) is 7.06. The first-order valence-corrected chi connectivity index (χ1v) is 9.80. The van der Waals surface area contributed by atoms with Crippen molar-refractivity contribution in [1.82, 2.24) is 20.8 Å². The molecular weight excluding hydrogens is 352 g/mol. The molecule has 2 heterocycles. The average molecular weight is 377 g/mol. The van der Waals surface area contributed by atoms with E-state index in [0.29, 0.717) is 34.7 Å². The van der Waals surface area contributed by atoms with Crippen LogP contribution in [-0.4, -0.2) is 48.5 Å². The molecule has 1 saturated heterocycles. The van der Waals surface area contributed by atoms with Gasteiger partial charge in [-0.3, -0.25) is 0 Å². The molecule has 2 N–H and O–H groups in total. The van der Waals surface area contributed by atoms with Gasteiger partial charge in [0.1, 0.15) is 0 Å². The lowest BCUT2D eigenvalue weighted by molar-refractivity contribution is 0.0525. The lowest BCUT2D eigenvalue weighted by Gasteiger charge is -2.33. The molecule has 140 valence electrons. The lowest BCUT2D eigenvalue weighted by Crippen LogP contribution is -2.51. The van der Waals surface area contributed by atoms with Crippen LogP contribution in [0.2, 0.25) is 5.02 Å². The molecule has 1 saturated carbocycles. The topological polar surface area (TPSA) is 72.2 Å². The summed E-state index contributed by atoms with van der Waals surface area (Å²) in [5.74, 6) is 1.88. The summed E-state index contributed by atoms with van der Waals surface area (Å²) in [5, 5.41) is 12.0. The van der Waals surface area contributed by atoms with Gasteiger partial charge in [-0.05, 0) is 30.9 Å². The Balaban J connectivity index is 1.29. The Hall–Kier alpha value is -1.47. The Morgan fingerprint density at radius 3 is 3.12 bits per heavy atom. The van der Waals surface area contributed by atoms with Crippen molar-refractivity contribution in [2.45, 2.75) is 37.8 Å². The fourth-order valence-electron chi connectivity index (χ4n) is 4.05. The minimum atomic E-state index is 0.474. The first-order valence-electron chi connectivity index (χ1n) is 9.42. The van der Waals surface area contributed by atoms with Crippen LogP contribution in [0, 0.1) is 5.92 Å². The summed E-state index contributed by atoms with van der Waals surface area (Å²) in [6, 6.07) is 8.50. The number of benzene rings is 1. The van der Waals surface area contributed by atoms with Crippen molar-refractivity contribution in [1.29, 1.82) is 0 Å². The van der Waals surface area contributed by atoms with Gasteiger partial charge < -0.3 is 19.9 Å². The van der Waals surface area contributed by atoms with Crippen LogP contribution in [0.5, 0.6) is 0 Å². The van der Waals surface area contributed by atoms with E-state index in [1.165, 1.54) is 19.3 Å². The highest BCUT2D eigenvalue weighted by atomic mass is 35.5. The van der Waals surface area contributed by atoms with E-state index in [2.05, 4.69) is 20.8 Å². The summed E-state index contributed by atoms with van der Waals surface area (Å²) in [6.45, 7) is 3.46. The highest BCUT2D eigenvalue weighted by Crippen LogP contribution is 2.29. The number of morpholine rings is 1. The van der Waals surface area contributed by atoms with Crippen molar-refractivity contribution in [2.75, 3.05) is 26.3 Å². The number of aromatic nitrogens is 2. The van der Waals surface area contributed by atoms with Gasteiger partial charge in [0.15, 0.2) is 0 Å². The molecule has 2 aromatic rings. The van der Waals surface area contributed by atoms with E-state index in [-0.39, 0.29) is 0 Å². The predicted octanol–water partition coefficient (Wildman–Crippen LogP) is 2.68. The third-order valence-electron chi connectivity index (χ3n) is 5.33. The molecule has 1 aromatic heterocycles. The Morgan fingerprint density at radius 1 is 1.31 bits per heavy atom. The fraction of sp³-hybridized carbons (Fsp3) is 0.579. The number of nitrogens with one attached hydrogen (secondary N) is 2. The van der Waals surface area contributed by atoms with E-state index < -0.39 is 0 Å². The molecule has 0 bridgehead atoms. The van der Waals surface area contributed by atoms with Crippen molar-refractivity contribution in [3.63, 3.8) is 0 Å². The third kappa shape index (κ3) is 4.26. The first kappa shape index (κ1) is 17.9. The molecule has 3 atom stereocenters. The Morgan fingerprint density at radius 2 is 2.27 bits per heavy atom. The number of nitrogens with zero attached hydrogens (tertiary/aromatic N) is 2. The smallest absolute Gasteiger partial charge is 0.228 e. The number of rotatable bonds is 6. The van der Waals surface area contributed by atoms with E-state index in [9.17, 15) is 0 Å². The first-order chi connectivity index (χ1) is 12.8. The van der Waals surface area contributed by atoms with Crippen LogP contribution in [0.25, 0.3) is 11.4 Å². The molecule has 1 aromatic carbocycles. The second-order valence-corrected chi connectivity index (χ2v) is 7.50. The Bertz CT molecular complexity index is 717. The monoisotopic (exact) mass is 376 g/mol. The third-order valence-corrected chi connectivity index (χ3v) is 5.57. The van der Waals surface area contributed by atoms with Crippen LogP contribution in [0.1, 0.15) is 25.2 Å². The molecule has 1 aliphatic heterocycles. The fourth-order valence-corrected chi connectivity index (χ4v) is 4.24. The summed E-state index contributed by atoms with van der Waals surface area (Å²) < 4.78 is 11.0.